The predicted octanol–water partition coefficient (Wildman–Crippen LogP) is 3.40. The molecule has 1 rings (SSSR count). The Kier molecular flexibility index (Phi) is 3.77. The molecule has 0 unspecified atom stereocenters. The van der Waals surface area contributed by atoms with E-state index in [1.54, 1.807) is 0 Å². The molecule has 0 aliphatic rings. The van der Waals surface area contributed by atoms with E-state index in [0.29, 0.717) is 0 Å². The molecular formula is C11H13NS. The number of benzene rings is 1. The lowest BCUT2D eigenvalue weighted by Gasteiger charge is -2.04. The molecular weight excluding hydrogens is 178 g/mol. The summed E-state index contributed by atoms with van der Waals surface area (Å²) in [5.41, 5.74) is 1.95. The molecule has 0 spiro atoms. The third-order valence-corrected chi connectivity index (χ3v) is 2.34. The van der Waals surface area contributed by atoms with E-state index in [1.165, 1.54) is 0 Å². The minimum atomic E-state index is 0.881. The fraction of sp³-hybridized carbons (Fsp3) is 0.182. The van der Waals surface area contributed by atoms with Crippen LogP contribution in [0.1, 0.15) is 18.9 Å². The van der Waals surface area contributed by atoms with Crippen LogP contribution in [0.15, 0.2) is 40.2 Å². The van der Waals surface area contributed by atoms with Crippen LogP contribution >= 0.6 is 12.6 Å². The number of hydrogen-bond donors (Lipinski definition) is 1. The summed E-state index contributed by atoms with van der Waals surface area (Å²) < 4.78 is 0. The second kappa shape index (κ2) is 4.87. The molecule has 0 saturated heterocycles. The van der Waals surface area contributed by atoms with E-state index in [1.807, 2.05) is 30.3 Å². The molecule has 0 fully saturated rings. The second-order valence-corrected chi connectivity index (χ2v) is 3.21. The lowest BCUT2D eigenvalue weighted by molar-refractivity contribution is 1.20. The average Bonchev–Trinajstić information content (AvgIpc) is 2.20. The van der Waals surface area contributed by atoms with E-state index in [0.717, 1.165) is 22.6 Å². The van der Waals surface area contributed by atoms with E-state index in [2.05, 4.69) is 31.3 Å². The number of allylic oxidation sites excluding steroid dienone is 1. The number of hydrogen-bond acceptors (Lipinski definition) is 2. The first-order chi connectivity index (χ1) is 6.29. The Morgan fingerprint density at radius 2 is 2.00 bits per heavy atom. The van der Waals surface area contributed by atoms with Crippen molar-refractivity contribution in [3.63, 3.8) is 0 Å². The van der Waals surface area contributed by atoms with Crippen LogP contribution in [0.4, 0.5) is 0 Å². The summed E-state index contributed by atoms with van der Waals surface area (Å²) in [7, 11) is 0. The number of nitrogens with zero attached hydrogens (tertiary/aromatic N) is 1. The van der Waals surface area contributed by atoms with E-state index in [9.17, 15) is 0 Å². The molecule has 2 heteroatoms. The average molecular weight is 191 g/mol. The van der Waals surface area contributed by atoms with Gasteiger partial charge in [-0.2, -0.15) is 0 Å². The zero-order valence-corrected chi connectivity index (χ0v) is 8.59. The van der Waals surface area contributed by atoms with Gasteiger partial charge in [0.2, 0.25) is 0 Å². The smallest absolute Gasteiger partial charge is 0.0786 e. The Balaban J connectivity index is 3.12. The van der Waals surface area contributed by atoms with Crippen LogP contribution in [0.2, 0.25) is 0 Å². The molecule has 0 radical (unpaired) electrons. The maximum atomic E-state index is 4.36. The zero-order chi connectivity index (χ0) is 9.68. The molecule has 1 nitrogen and oxygen atoms in total. The minimum Gasteiger partial charge on any atom is -0.263 e. The Hall–Kier alpha value is -1.02. The topological polar surface area (TPSA) is 12.4 Å². The third-order valence-electron chi connectivity index (χ3n) is 1.81. The maximum absolute atomic E-state index is 4.36. The highest BCUT2D eigenvalue weighted by atomic mass is 32.1. The molecule has 0 aliphatic carbocycles. The fourth-order valence-electron chi connectivity index (χ4n) is 1.11. The van der Waals surface area contributed by atoms with E-state index >= 15 is 0 Å². The summed E-state index contributed by atoms with van der Waals surface area (Å²) in [6.07, 6.45) is 0.881. The van der Waals surface area contributed by atoms with Crippen molar-refractivity contribution in [1.82, 2.24) is 0 Å². The van der Waals surface area contributed by atoms with Gasteiger partial charge in [-0.3, -0.25) is 4.99 Å². The molecule has 1 aromatic carbocycles. The first kappa shape index (κ1) is 10.1. The predicted molar refractivity (Wildman–Crippen MR) is 62.2 cm³/mol. The summed E-state index contributed by atoms with van der Waals surface area (Å²) in [6.45, 7) is 5.60. The van der Waals surface area contributed by atoms with Crippen LogP contribution in [-0.4, -0.2) is 6.72 Å². The van der Waals surface area contributed by atoms with Gasteiger partial charge in [0.05, 0.1) is 5.70 Å². The molecule has 0 bridgehead atoms. The fourth-order valence-corrected chi connectivity index (χ4v) is 1.31. The lowest BCUT2D eigenvalue weighted by atomic mass is 10.1. The maximum Gasteiger partial charge on any atom is 0.0786 e. The van der Waals surface area contributed by atoms with Crippen LogP contribution in [0.25, 0.3) is 5.70 Å². The summed E-state index contributed by atoms with van der Waals surface area (Å²) in [5, 5.41) is 0. The zero-order valence-electron chi connectivity index (χ0n) is 7.70. The van der Waals surface area contributed by atoms with Gasteiger partial charge in [0.15, 0.2) is 0 Å². The number of aliphatic imine (C=N–C) groups is 1. The Bertz CT molecular complexity index is 314. The van der Waals surface area contributed by atoms with Crippen molar-refractivity contribution in [2.45, 2.75) is 13.3 Å². The largest absolute Gasteiger partial charge is 0.263 e. The van der Waals surface area contributed by atoms with Crippen LogP contribution < -0.4 is 0 Å². The van der Waals surface area contributed by atoms with E-state index in [-0.39, 0.29) is 0 Å². The monoisotopic (exact) mass is 191 g/mol. The molecule has 0 amide bonds. The quantitative estimate of drug-likeness (QED) is 0.555. The summed E-state index contributed by atoms with van der Waals surface area (Å²) in [4.78, 5) is 4.96. The van der Waals surface area contributed by atoms with Gasteiger partial charge in [0.1, 0.15) is 0 Å². The van der Waals surface area contributed by atoms with Crippen LogP contribution in [-0.2, 0) is 0 Å². The minimum absolute atomic E-state index is 0.881. The Morgan fingerprint density at radius 1 is 1.38 bits per heavy atom. The van der Waals surface area contributed by atoms with Crippen molar-refractivity contribution >= 4 is 25.0 Å². The van der Waals surface area contributed by atoms with Crippen LogP contribution in [0.3, 0.4) is 0 Å². The van der Waals surface area contributed by atoms with Crippen molar-refractivity contribution < 1.29 is 0 Å². The van der Waals surface area contributed by atoms with Crippen LogP contribution in [0.5, 0.6) is 0 Å². The summed E-state index contributed by atoms with van der Waals surface area (Å²) in [6, 6.07) is 9.97. The van der Waals surface area contributed by atoms with E-state index < -0.39 is 0 Å². The molecule has 0 heterocycles. The van der Waals surface area contributed by atoms with Crippen molar-refractivity contribution in [2.24, 2.45) is 4.99 Å². The van der Waals surface area contributed by atoms with Crippen LogP contribution in [0, 0.1) is 0 Å². The van der Waals surface area contributed by atoms with Gasteiger partial charge >= 0.3 is 0 Å². The molecule has 68 valence electrons. The van der Waals surface area contributed by atoms with E-state index in [4.69, 9.17) is 0 Å². The standard InChI is InChI=1S/C11H13NS/c1-3-10(13)11(12-2)9-7-5-4-6-8-9/h4-8,13H,2-3H2,1H3/b11-10-. The summed E-state index contributed by atoms with van der Waals surface area (Å²) in [5.74, 6) is 0. The Labute approximate surface area is 84.6 Å². The molecule has 13 heavy (non-hydrogen) atoms. The molecule has 1 aromatic rings. The molecule has 0 saturated carbocycles. The van der Waals surface area contributed by atoms with Crippen molar-refractivity contribution in [1.29, 1.82) is 0 Å². The molecule has 0 aliphatic heterocycles. The van der Waals surface area contributed by atoms with Gasteiger partial charge in [-0.15, -0.1) is 12.6 Å². The SMILES string of the molecule is C=N/C(=C(\S)CC)c1ccccc1. The third kappa shape index (κ3) is 2.46. The first-order valence-corrected chi connectivity index (χ1v) is 4.68. The van der Waals surface area contributed by atoms with Gasteiger partial charge in [-0.1, -0.05) is 37.3 Å². The van der Waals surface area contributed by atoms with Crippen molar-refractivity contribution in [3.05, 3.63) is 40.8 Å². The second-order valence-electron chi connectivity index (χ2n) is 2.67. The highest BCUT2D eigenvalue weighted by Crippen LogP contribution is 2.23. The van der Waals surface area contributed by atoms with Gasteiger partial charge < -0.3 is 0 Å². The molecule has 0 aromatic heterocycles. The highest BCUT2D eigenvalue weighted by molar-refractivity contribution is 7.84. The van der Waals surface area contributed by atoms with Gasteiger partial charge in [-0.25, -0.2) is 0 Å². The molecule has 0 N–H and O–H groups in total. The van der Waals surface area contributed by atoms with Gasteiger partial charge in [-0.05, 0) is 13.1 Å². The number of rotatable bonds is 3. The first-order valence-electron chi connectivity index (χ1n) is 4.23. The van der Waals surface area contributed by atoms with Gasteiger partial charge in [0.25, 0.3) is 0 Å². The van der Waals surface area contributed by atoms with Gasteiger partial charge in [0, 0.05) is 10.5 Å². The van der Waals surface area contributed by atoms with Crippen molar-refractivity contribution in [3.8, 4) is 0 Å². The number of thiol groups is 1. The highest BCUT2D eigenvalue weighted by Gasteiger charge is 2.01. The summed E-state index contributed by atoms with van der Waals surface area (Å²) >= 11 is 4.36. The molecule has 0 atom stereocenters. The normalized spacial score (nSPS) is 12.2. The Morgan fingerprint density at radius 3 is 2.46 bits per heavy atom. The lowest BCUT2D eigenvalue weighted by Crippen LogP contribution is -1.83. The van der Waals surface area contributed by atoms with Crippen molar-refractivity contribution in [2.75, 3.05) is 0 Å².